The van der Waals surface area contributed by atoms with Crippen LogP contribution in [0, 0.1) is 17.7 Å². The molecule has 2 nitrogen and oxygen atoms in total. The summed E-state index contributed by atoms with van der Waals surface area (Å²) in [6.07, 6.45) is 4.35. The molecular weight excluding hydrogens is 265 g/mol. The lowest BCUT2D eigenvalue weighted by Crippen LogP contribution is -2.27. The molecule has 1 fully saturated rings. The van der Waals surface area contributed by atoms with Gasteiger partial charge in [0.05, 0.1) is 0 Å². The topological polar surface area (TPSA) is 21.3 Å². The second-order valence-electron chi connectivity index (χ2n) is 6.60. The predicted octanol–water partition coefficient (Wildman–Crippen LogP) is 3.80. The van der Waals surface area contributed by atoms with E-state index in [9.17, 15) is 4.39 Å². The van der Waals surface area contributed by atoms with Gasteiger partial charge >= 0.3 is 0 Å². The Kier molecular flexibility index (Phi) is 6.65. The van der Waals surface area contributed by atoms with Crippen molar-refractivity contribution >= 4 is 0 Å². The van der Waals surface area contributed by atoms with Gasteiger partial charge in [-0.2, -0.15) is 0 Å². The van der Waals surface area contributed by atoms with Crippen LogP contribution in [0.3, 0.4) is 0 Å². The number of halogens is 1. The Bertz CT molecular complexity index is 417. The van der Waals surface area contributed by atoms with Crippen molar-refractivity contribution in [1.29, 1.82) is 0 Å². The minimum Gasteiger partial charge on any atom is -0.381 e. The van der Waals surface area contributed by atoms with Crippen molar-refractivity contribution in [3.8, 4) is 0 Å². The Morgan fingerprint density at radius 3 is 2.71 bits per heavy atom. The van der Waals surface area contributed by atoms with Crippen LogP contribution in [0.1, 0.15) is 38.7 Å². The Balaban J connectivity index is 1.80. The highest BCUT2D eigenvalue weighted by Gasteiger charge is 2.22. The number of benzene rings is 1. The van der Waals surface area contributed by atoms with Crippen LogP contribution in [0.15, 0.2) is 24.3 Å². The summed E-state index contributed by atoms with van der Waals surface area (Å²) in [6, 6.07) is 7.82. The van der Waals surface area contributed by atoms with Crippen LogP contribution < -0.4 is 5.32 Å². The number of ether oxygens (including phenoxy) is 1. The summed E-state index contributed by atoms with van der Waals surface area (Å²) in [5.74, 6) is 0.922. The second kappa shape index (κ2) is 8.50. The van der Waals surface area contributed by atoms with E-state index in [1.54, 1.807) is 12.1 Å². The Morgan fingerprint density at radius 1 is 1.29 bits per heavy atom. The minimum absolute atomic E-state index is 0.0861. The molecule has 0 saturated heterocycles. The van der Waals surface area contributed by atoms with E-state index in [-0.39, 0.29) is 5.82 Å². The van der Waals surface area contributed by atoms with Crippen molar-refractivity contribution in [2.24, 2.45) is 11.8 Å². The molecule has 3 heteroatoms. The quantitative estimate of drug-likeness (QED) is 0.663. The lowest BCUT2D eigenvalue weighted by molar-refractivity contribution is 0.0974. The molecule has 0 bridgehead atoms. The van der Waals surface area contributed by atoms with Gasteiger partial charge in [0, 0.05) is 19.3 Å². The van der Waals surface area contributed by atoms with Crippen molar-refractivity contribution in [2.75, 3.05) is 19.8 Å². The van der Waals surface area contributed by atoms with Crippen molar-refractivity contribution in [3.63, 3.8) is 0 Å². The van der Waals surface area contributed by atoms with Crippen molar-refractivity contribution < 1.29 is 9.13 Å². The van der Waals surface area contributed by atoms with Crippen LogP contribution >= 0.6 is 0 Å². The molecule has 1 aromatic rings. The normalized spacial score (nSPS) is 16.4. The van der Waals surface area contributed by atoms with Crippen LogP contribution in [0.4, 0.5) is 4.39 Å². The first kappa shape index (κ1) is 16.4. The van der Waals surface area contributed by atoms with Gasteiger partial charge in [0.25, 0.3) is 0 Å². The maximum atomic E-state index is 13.8. The molecule has 0 aliphatic heterocycles. The lowest BCUT2D eigenvalue weighted by Gasteiger charge is -2.18. The summed E-state index contributed by atoms with van der Waals surface area (Å²) in [4.78, 5) is 0. The molecule has 1 aromatic carbocycles. The molecule has 2 rings (SSSR count). The van der Waals surface area contributed by atoms with E-state index < -0.39 is 0 Å². The smallest absolute Gasteiger partial charge is 0.126 e. The average Bonchev–Trinajstić information content (AvgIpc) is 3.26. The first-order chi connectivity index (χ1) is 10.1. The van der Waals surface area contributed by atoms with Gasteiger partial charge in [-0.25, -0.2) is 4.39 Å². The highest BCUT2D eigenvalue weighted by atomic mass is 19.1. The first-order valence-corrected chi connectivity index (χ1v) is 8.19. The predicted molar refractivity (Wildman–Crippen MR) is 84.9 cm³/mol. The van der Waals surface area contributed by atoms with E-state index in [0.717, 1.165) is 38.2 Å². The maximum Gasteiger partial charge on any atom is 0.126 e. The monoisotopic (exact) mass is 293 g/mol. The third kappa shape index (κ3) is 6.58. The van der Waals surface area contributed by atoms with E-state index in [0.29, 0.717) is 17.9 Å². The van der Waals surface area contributed by atoms with Gasteiger partial charge in [0.2, 0.25) is 0 Å². The highest BCUT2D eigenvalue weighted by Crippen LogP contribution is 2.21. The van der Waals surface area contributed by atoms with Gasteiger partial charge in [0.1, 0.15) is 5.82 Å². The summed E-state index contributed by atoms with van der Waals surface area (Å²) >= 11 is 0. The van der Waals surface area contributed by atoms with Crippen LogP contribution in [0.2, 0.25) is 0 Å². The Labute approximate surface area is 128 Å². The zero-order chi connectivity index (χ0) is 15.1. The van der Waals surface area contributed by atoms with Crippen molar-refractivity contribution in [2.45, 2.75) is 45.6 Å². The fourth-order valence-electron chi connectivity index (χ4n) is 2.44. The molecule has 1 saturated carbocycles. The molecule has 0 heterocycles. The summed E-state index contributed by atoms with van der Waals surface area (Å²) in [6.45, 7) is 6.85. The van der Waals surface area contributed by atoms with E-state index in [1.807, 2.05) is 12.1 Å². The third-order valence-electron chi connectivity index (χ3n) is 3.86. The molecule has 0 spiro atoms. The highest BCUT2D eigenvalue weighted by molar-refractivity contribution is 5.17. The molecular formula is C18H28FNO. The molecule has 0 aromatic heterocycles. The number of rotatable bonds is 10. The zero-order valence-corrected chi connectivity index (χ0v) is 13.3. The Hall–Kier alpha value is -0.930. The van der Waals surface area contributed by atoms with Gasteiger partial charge < -0.3 is 10.1 Å². The van der Waals surface area contributed by atoms with Crippen molar-refractivity contribution in [3.05, 3.63) is 35.6 Å². The number of hydrogen-bond acceptors (Lipinski definition) is 2. The van der Waals surface area contributed by atoms with Crippen LogP contribution in [0.5, 0.6) is 0 Å². The molecule has 1 aliphatic carbocycles. The molecule has 21 heavy (non-hydrogen) atoms. The molecule has 1 unspecified atom stereocenters. The lowest BCUT2D eigenvalue weighted by atomic mass is 9.96. The number of hydrogen-bond donors (Lipinski definition) is 1. The van der Waals surface area contributed by atoms with Crippen LogP contribution in [0.25, 0.3) is 0 Å². The molecule has 0 amide bonds. The molecule has 1 aliphatic rings. The summed E-state index contributed by atoms with van der Waals surface area (Å²) < 4.78 is 19.5. The van der Waals surface area contributed by atoms with E-state index >= 15 is 0 Å². The van der Waals surface area contributed by atoms with Gasteiger partial charge in [0.15, 0.2) is 0 Å². The molecule has 0 radical (unpaired) electrons. The SMILES string of the molecule is CC(C)COCCC(CNC1CC1)Cc1ccccc1F. The van der Waals surface area contributed by atoms with E-state index in [4.69, 9.17) is 4.74 Å². The second-order valence-corrected chi connectivity index (χ2v) is 6.60. The minimum atomic E-state index is -0.0861. The molecule has 1 atom stereocenters. The summed E-state index contributed by atoms with van der Waals surface area (Å²) in [7, 11) is 0. The van der Waals surface area contributed by atoms with Gasteiger partial charge in [-0.05, 0) is 55.7 Å². The standard InChI is InChI=1S/C18H28FNO/c1-14(2)13-21-10-9-15(12-20-17-7-8-17)11-16-5-3-4-6-18(16)19/h3-6,14-15,17,20H,7-13H2,1-2H3. The first-order valence-electron chi connectivity index (χ1n) is 8.19. The third-order valence-corrected chi connectivity index (χ3v) is 3.86. The van der Waals surface area contributed by atoms with E-state index in [2.05, 4.69) is 19.2 Å². The van der Waals surface area contributed by atoms with E-state index in [1.165, 1.54) is 12.8 Å². The zero-order valence-electron chi connectivity index (χ0n) is 13.3. The van der Waals surface area contributed by atoms with Gasteiger partial charge in [-0.15, -0.1) is 0 Å². The fraction of sp³-hybridized carbons (Fsp3) is 0.667. The largest absolute Gasteiger partial charge is 0.381 e. The van der Waals surface area contributed by atoms with Gasteiger partial charge in [-0.3, -0.25) is 0 Å². The fourth-order valence-corrected chi connectivity index (χ4v) is 2.44. The molecule has 1 N–H and O–H groups in total. The van der Waals surface area contributed by atoms with Crippen LogP contribution in [-0.2, 0) is 11.2 Å². The number of nitrogens with one attached hydrogen (secondary N) is 1. The Morgan fingerprint density at radius 2 is 2.05 bits per heavy atom. The summed E-state index contributed by atoms with van der Waals surface area (Å²) in [5.41, 5.74) is 0.823. The summed E-state index contributed by atoms with van der Waals surface area (Å²) in [5, 5.41) is 3.57. The van der Waals surface area contributed by atoms with Crippen molar-refractivity contribution in [1.82, 2.24) is 5.32 Å². The maximum absolute atomic E-state index is 13.8. The average molecular weight is 293 g/mol. The van der Waals surface area contributed by atoms with Gasteiger partial charge in [-0.1, -0.05) is 32.0 Å². The van der Waals surface area contributed by atoms with Crippen LogP contribution in [-0.4, -0.2) is 25.8 Å². The molecule has 118 valence electrons.